The summed E-state index contributed by atoms with van der Waals surface area (Å²) in [6.07, 6.45) is 1.60. The van der Waals surface area contributed by atoms with Crippen molar-refractivity contribution in [3.8, 4) is 11.5 Å². The molecule has 20 heavy (non-hydrogen) atoms. The van der Waals surface area contributed by atoms with Crippen LogP contribution in [0.25, 0.3) is 0 Å². The lowest BCUT2D eigenvalue weighted by molar-refractivity contribution is 0.101. The van der Waals surface area contributed by atoms with Gasteiger partial charge in [0, 0.05) is 24.5 Å². The van der Waals surface area contributed by atoms with Gasteiger partial charge in [-0.15, -0.1) is 0 Å². The fourth-order valence-corrected chi connectivity index (χ4v) is 1.89. The van der Waals surface area contributed by atoms with E-state index in [1.165, 1.54) is 0 Å². The lowest BCUT2D eigenvalue weighted by Gasteiger charge is -2.11. The predicted octanol–water partition coefficient (Wildman–Crippen LogP) is 2.17. The molecule has 1 aromatic heterocycles. The highest BCUT2D eigenvalue weighted by Gasteiger charge is 2.12. The van der Waals surface area contributed by atoms with Gasteiger partial charge in [-0.3, -0.25) is 9.48 Å². The summed E-state index contributed by atoms with van der Waals surface area (Å²) in [6.45, 7) is 2.57. The summed E-state index contributed by atoms with van der Waals surface area (Å²) >= 11 is 0. The Morgan fingerprint density at radius 1 is 1.25 bits per heavy atom. The first-order valence-electron chi connectivity index (χ1n) is 6.24. The van der Waals surface area contributed by atoms with E-state index >= 15 is 0 Å². The number of methoxy groups -OCH3 is 2. The molecule has 0 saturated heterocycles. The summed E-state index contributed by atoms with van der Waals surface area (Å²) in [4.78, 5) is 12.2. The van der Waals surface area contributed by atoms with Crippen LogP contribution in [0.5, 0.6) is 11.5 Å². The molecule has 0 fully saturated rings. The molecule has 1 heterocycles. The van der Waals surface area contributed by atoms with E-state index in [4.69, 9.17) is 9.47 Å². The first-order valence-corrected chi connectivity index (χ1v) is 6.24. The Labute approximate surface area is 117 Å². The number of benzene rings is 1. The molecule has 6 nitrogen and oxygen atoms in total. The van der Waals surface area contributed by atoms with E-state index in [9.17, 15) is 4.79 Å². The van der Waals surface area contributed by atoms with Crippen LogP contribution < -0.4 is 14.8 Å². The fraction of sp³-hybridized carbons (Fsp3) is 0.286. The van der Waals surface area contributed by atoms with Crippen LogP contribution in [-0.4, -0.2) is 29.9 Å². The number of carbonyl (C=O) groups excluding carboxylic acids is 1. The van der Waals surface area contributed by atoms with Crippen molar-refractivity contribution in [2.75, 3.05) is 19.5 Å². The van der Waals surface area contributed by atoms with Crippen molar-refractivity contribution < 1.29 is 14.3 Å². The molecule has 1 aromatic carbocycles. The van der Waals surface area contributed by atoms with Crippen LogP contribution in [0, 0.1) is 0 Å². The minimum atomic E-state index is -0.212. The van der Waals surface area contributed by atoms with Gasteiger partial charge in [0.1, 0.15) is 5.69 Å². The highest BCUT2D eigenvalue weighted by Crippen LogP contribution is 2.29. The van der Waals surface area contributed by atoms with Gasteiger partial charge in [-0.2, -0.15) is 5.10 Å². The molecule has 0 bridgehead atoms. The highest BCUT2D eigenvalue weighted by molar-refractivity contribution is 6.03. The number of nitrogens with one attached hydrogen (secondary N) is 1. The third-order valence-corrected chi connectivity index (χ3v) is 2.89. The van der Waals surface area contributed by atoms with Gasteiger partial charge in [0.25, 0.3) is 5.91 Å². The molecule has 0 spiro atoms. The van der Waals surface area contributed by atoms with Crippen LogP contribution in [0.15, 0.2) is 30.5 Å². The van der Waals surface area contributed by atoms with Crippen LogP contribution >= 0.6 is 0 Å². The van der Waals surface area contributed by atoms with E-state index in [1.54, 1.807) is 49.4 Å². The first-order chi connectivity index (χ1) is 9.69. The van der Waals surface area contributed by atoms with Crippen LogP contribution in [0.1, 0.15) is 17.4 Å². The number of ether oxygens (including phenoxy) is 2. The van der Waals surface area contributed by atoms with Crippen LogP contribution in [0.2, 0.25) is 0 Å². The van der Waals surface area contributed by atoms with E-state index in [1.807, 2.05) is 6.92 Å². The molecule has 2 aromatic rings. The summed E-state index contributed by atoms with van der Waals surface area (Å²) in [5, 5.41) is 6.88. The topological polar surface area (TPSA) is 65.4 Å². The molecule has 0 aliphatic rings. The van der Waals surface area contributed by atoms with Crippen LogP contribution in [0.3, 0.4) is 0 Å². The normalized spacial score (nSPS) is 10.2. The monoisotopic (exact) mass is 275 g/mol. The quantitative estimate of drug-likeness (QED) is 0.908. The number of rotatable bonds is 5. The lowest BCUT2D eigenvalue weighted by atomic mass is 10.2. The molecule has 106 valence electrons. The van der Waals surface area contributed by atoms with Crippen LogP contribution in [-0.2, 0) is 6.54 Å². The standard InChI is InChI=1S/C14H17N3O3/c1-4-17-11(7-8-15-17)14(18)16-10-5-6-12(19-2)13(9-10)20-3/h5-9H,4H2,1-3H3,(H,16,18). The number of amides is 1. The maximum atomic E-state index is 12.2. The first kappa shape index (κ1) is 13.9. The zero-order valence-electron chi connectivity index (χ0n) is 11.7. The second kappa shape index (κ2) is 6.10. The second-order valence-electron chi connectivity index (χ2n) is 4.06. The molecular weight excluding hydrogens is 258 g/mol. The lowest BCUT2D eigenvalue weighted by Crippen LogP contribution is -2.17. The van der Waals surface area contributed by atoms with Gasteiger partial charge < -0.3 is 14.8 Å². The number of aromatic nitrogens is 2. The molecule has 6 heteroatoms. The Bertz CT molecular complexity index is 607. The number of nitrogens with zero attached hydrogens (tertiary/aromatic N) is 2. The minimum Gasteiger partial charge on any atom is -0.493 e. The maximum Gasteiger partial charge on any atom is 0.273 e. The van der Waals surface area contributed by atoms with Crippen molar-refractivity contribution in [2.45, 2.75) is 13.5 Å². The number of aryl methyl sites for hydroxylation is 1. The third-order valence-electron chi connectivity index (χ3n) is 2.89. The van der Waals surface area contributed by atoms with Gasteiger partial charge in [-0.1, -0.05) is 0 Å². The molecule has 1 amide bonds. The Hall–Kier alpha value is -2.50. The SMILES string of the molecule is CCn1nccc1C(=O)Nc1ccc(OC)c(OC)c1. The van der Waals surface area contributed by atoms with E-state index in [-0.39, 0.29) is 5.91 Å². The smallest absolute Gasteiger partial charge is 0.273 e. The minimum absolute atomic E-state index is 0.212. The van der Waals surface area contributed by atoms with E-state index in [2.05, 4.69) is 10.4 Å². The number of carbonyl (C=O) groups is 1. The van der Waals surface area contributed by atoms with Gasteiger partial charge >= 0.3 is 0 Å². The Morgan fingerprint density at radius 3 is 2.65 bits per heavy atom. The molecule has 0 radical (unpaired) electrons. The highest BCUT2D eigenvalue weighted by atomic mass is 16.5. The maximum absolute atomic E-state index is 12.2. The van der Waals surface area contributed by atoms with E-state index < -0.39 is 0 Å². The van der Waals surface area contributed by atoms with Crippen molar-refractivity contribution >= 4 is 11.6 Å². The molecule has 0 aliphatic heterocycles. The van der Waals surface area contributed by atoms with Gasteiger partial charge in [0.15, 0.2) is 11.5 Å². The molecule has 1 N–H and O–H groups in total. The average molecular weight is 275 g/mol. The van der Waals surface area contributed by atoms with Gasteiger partial charge in [0.2, 0.25) is 0 Å². The Balaban J connectivity index is 2.20. The van der Waals surface area contributed by atoms with Crippen molar-refractivity contribution in [1.29, 1.82) is 0 Å². The van der Waals surface area contributed by atoms with Crippen LogP contribution in [0.4, 0.5) is 5.69 Å². The largest absolute Gasteiger partial charge is 0.493 e. The summed E-state index contributed by atoms with van der Waals surface area (Å²) in [5.74, 6) is 0.968. The predicted molar refractivity (Wildman–Crippen MR) is 75.4 cm³/mol. The van der Waals surface area contributed by atoms with Gasteiger partial charge in [-0.05, 0) is 25.1 Å². The van der Waals surface area contributed by atoms with E-state index in [0.717, 1.165) is 0 Å². The number of anilines is 1. The molecule has 0 aliphatic carbocycles. The number of hydrogen-bond acceptors (Lipinski definition) is 4. The summed E-state index contributed by atoms with van der Waals surface area (Å²) < 4.78 is 12.0. The molecule has 0 saturated carbocycles. The van der Waals surface area contributed by atoms with Crippen molar-refractivity contribution in [3.63, 3.8) is 0 Å². The van der Waals surface area contributed by atoms with Crippen molar-refractivity contribution in [1.82, 2.24) is 9.78 Å². The molecular formula is C14H17N3O3. The Kier molecular flexibility index (Phi) is 4.24. The van der Waals surface area contributed by atoms with E-state index in [0.29, 0.717) is 29.4 Å². The fourth-order valence-electron chi connectivity index (χ4n) is 1.89. The summed E-state index contributed by atoms with van der Waals surface area (Å²) in [5.41, 5.74) is 1.15. The van der Waals surface area contributed by atoms with Crippen molar-refractivity contribution in [3.05, 3.63) is 36.2 Å². The second-order valence-corrected chi connectivity index (χ2v) is 4.06. The summed E-state index contributed by atoms with van der Waals surface area (Å²) in [7, 11) is 3.12. The zero-order valence-corrected chi connectivity index (χ0v) is 11.7. The molecule has 0 unspecified atom stereocenters. The molecule has 0 atom stereocenters. The molecule has 2 rings (SSSR count). The zero-order chi connectivity index (χ0) is 14.5. The number of hydrogen-bond donors (Lipinski definition) is 1. The van der Waals surface area contributed by atoms with Crippen molar-refractivity contribution in [2.24, 2.45) is 0 Å². The Morgan fingerprint density at radius 2 is 2.00 bits per heavy atom. The van der Waals surface area contributed by atoms with Gasteiger partial charge in [0.05, 0.1) is 14.2 Å². The summed E-state index contributed by atoms with van der Waals surface area (Å²) in [6, 6.07) is 6.89. The third kappa shape index (κ3) is 2.74. The average Bonchev–Trinajstić information content (AvgIpc) is 2.95. The van der Waals surface area contributed by atoms with Gasteiger partial charge in [-0.25, -0.2) is 0 Å².